The van der Waals surface area contributed by atoms with E-state index >= 15 is 0 Å². The molecular weight excluding hydrogens is 576 g/mol. The lowest BCUT2D eigenvalue weighted by atomic mass is 9.97. The van der Waals surface area contributed by atoms with Crippen LogP contribution in [0.2, 0.25) is 0 Å². The van der Waals surface area contributed by atoms with Crippen LogP contribution < -0.4 is 5.32 Å². The Balaban J connectivity index is 1.19. The second-order valence-corrected chi connectivity index (χ2v) is 11.4. The molecule has 5 aromatic rings. The van der Waals surface area contributed by atoms with Gasteiger partial charge >= 0.3 is 0 Å². The highest BCUT2D eigenvalue weighted by molar-refractivity contribution is 7.99. The van der Waals surface area contributed by atoms with Gasteiger partial charge in [0.2, 0.25) is 5.16 Å². The lowest BCUT2D eigenvalue weighted by Crippen LogP contribution is -2.31. The van der Waals surface area contributed by atoms with E-state index in [-0.39, 0.29) is 24.7 Å². The number of aliphatic hydroxyl groups is 1. The summed E-state index contributed by atoms with van der Waals surface area (Å²) in [7, 11) is 1.82. The van der Waals surface area contributed by atoms with Crippen LogP contribution in [0, 0.1) is 0 Å². The first kappa shape index (κ1) is 29.6. The lowest BCUT2D eigenvalue weighted by Gasteiger charge is -2.36. The predicted octanol–water partition coefficient (Wildman–Crippen LogP) is 5.03. The molecule has 0 radical (unpaired) electrons. The second kappa shape index (κ2) is 13.9. The number of tetrazole rings is 1. The Bertz CT molecular complexity index is 1680. The van der Waals surface area contributed by atoms with Crippen LogP contribution >= 0.6 is 11.8 Å². The third-order valence-corrected chi connectivity index (χ3v) is 8.61. The number of carbonyl (C=O) groups excluding carboxylic acids is 1. The Morgan fingerprint density at radius 3 is 2.52 bits per heavy atom. The van der Waals surface area contributed by atoms with Crippen LogP contribution in [-0.2, 0) is 29.7 Å². The molecule has 3 aromatic carbocycles. The van der Waals surface area contributed by atoms with Gasteiger partial charge in [0.05, 0.1) is 24.4 Å². The van der Waals surface area contributed by atoms with Crippen molar-refractivity contribution in [1.29, 1.82) is 0 Å². The van der Waals surface area contributed by atoms with Crippen LogP contribution in [0.1, 0.15) is 51.4 Å². The molecule has 1 aliphatic rings. The molecule has 3 heterocycles. The summed E-state index contributed by atoms with van der Waals surface area (Å²) < 4.78 is 14.6. The summed E-state index contributed by atoms with van der Waals surface area (Å²) in [4.78, 5) is 16.6. The maximum atomic E-state index is 12.6. The zero-order chi connectivity index (χ0) is 30.3. The summed E-state index contributed by atoms with van der Waals surface area (Å²) in [6.45, 7) is 0.381. The molecule has 2 aromatic heterocycles. The quantitative estimate of drug-likeness (QED) is 0.210. The summed E-state index contributed by atoms with van der Waals surface area (Å²) in [5, 5.41) is 24.9. The minimum atomic E-state index is -0.572. The number of thioether (sulfide) groups is 1. The highest BCUT2D eigenvalue weighted by atomic mass is 32.2. The van der Waals surface area contributed by atoms with Gasteiger partial charge in [0.1, 0.15) is 0 Å². The Kier molecular flexibility index (Phi) is 9.37. The van der Waals surface area contributed by atoms with Crippen molar-refractivity contribution in [2.75, 3.05) is 5.75 Å². The van der Waals surface area contributed by atoms with Gasteiger partial charge in [-0.05, 0) is 50.4 Å². The molecule has 0 bridgehead atoms. The predicted molar refractivity (Wildman–Crippen MR) is 165 cm³/mol. The fraction of sp³-hybridized carbons (Fsp3) is 0.242. The van der Waals surface area contributed by atoms with E-state index in [2.05, 4.69) is 44.0 Å². The van der Waals surface area contributed by atoms with E-state index in [4.69, 9.17) is 9.47 Å². The Labute approximate surface area is 259 Å². The fourth-order valence-corrected chi connectivity index (χ4v) is 5.95. The summed E-state index contributed by atoms with van der Waals surface area (Å²) in [6.07, 6.45) is 3.00. The van der Waals surface area contributed by atoms with Gasteiger partial charge in [0.25, 0.3) is 5.91 Å². The molecule has 2 N–H and O–H groups in total. The zero-order valence-corrected chi connectivity index (χ0v) is 24.9. The number of amides is 1. The Morgan fingerprint density at radius 2 is 1.80 bits per heavy atom. The molecule has 1 amide bonds. The van der Waals surface area contributed by atoms with Crippen molar-refractivity contribution >= 4 is 17.7 Å². The van der Waals surface area contributed by atoms with Crippen LogP contribution in [0.4, 0.5) is 0 Å². The summed E-state index contributed by atoms with van der Waals surface area (Å²) in [5.74, 6) is 0.494. The van der Waals surface area contributed by atoms with Gasteiger partial charge in [0, 0.05) is 43.7 Å². The number of hydrogen-bond donors (Lipinski definition) is 2. The number of ether oxygens (including phenoxy) is 2. The summed E-state index contributed by atoms with van der Waals surface area (Å²) in [5.41, 5.74) is 6.37. The van der Waals surface area contributed by atoms with Gasteiger partial charge in [-0.25, -0.2) is 4.68 Å². The van der Waals surface area contributed by atoms with Crippen molar-refractivity contribution in [2.24, 2.45) is 7.05 Å². The van der Waals surface area contributed by atoms with Crippen molar-refractivity contribution in [3.05, 3.63) is 125 Å². The maximum Gasteiger partial charge on any atom is 0.253 e. The molecule has 0 spiro atoms. The standard InChI is InChI=1S/C33H32N6O4S/c1-39-33(36-37-38-39)44-21-28-17-30(24-10-8-22(20-40)9-11-24)43-32(42-28)25-14-12-23(13-15-25)29-7-3-2-5-26(29)19-35-31(41)27-6-4-16-34-18-27/h2-16,18,28,30,32,40H,17,19-21H2,1H3,(H,35,41)/t28-,30+,32+/m0/s1. The third-order valence-electron chi connectivity index (χ3n) is 7.47. The number of rotatable bonds is 10. The number of aryl methyl sites for hydroxylation is 1. The van der Waals surface area contributed by atoms with E-state index < -0.39 is 6.29 Å². The average Bonchev–Trinajstić information content (AvgIpc) is 3.51. The van der Waals surface area contributed by atoms with Gasteiger partial charge in [0.15, 0.2) is 6.29 Å². The third kappa shape index (κ3) is 7.03. The molecule has 10 nitrogen and oxygen atoms in total. The van der Waals surface area contributed by atoms with Crippen LogP contribution in [-0.4, -0.2) is 48.1 Å². The number of hydrogen-bond acceptors (Lipinski definition) is 9. The van der Waals surface area contributed by atoms with Gasteiger partial charge in [-0.2, -0.15) is 0 Å². The second-order valence-electron chi connectivity index (χ2n) is 10.4. The molecule has 6 rings (SSSR count). The molecule has 1 fully saturated rings. The lowest BCUT2D eigenvalue weighted by molar-refractivity contribution is -0.245. The van der Waals surface area contributed by atoms with Gasteiger partial charge in [-0.3, -0.25) is 9.78 Å². The number of pyridine rings is 1. The van der Waals surface area contributed by atoms with Crippen molar-refractivity contribution in [3.63, 3.8) is 0 Å². The molecule has 3 atom stereocenters. The molecule has 224 valence electrons. The van der Waals surface area contributed by atoms with Gasteiger partial charge in [-0.15, -0.1) is 5.10 Å². The number of aliphatic hydroxyl groups excluding tert-OH is 1. The number of carbonyl (C=O) groups is 1. The molecule has 0 saturated carbocycles. The number of nitrogens with zero attached hydrogens (tertiary/aromatic N) is 5. The minimum Gasteiger partial charge on any atom is -0.392 e. The molecule has 0 unspecified atom stereocenters. The van der Waals surface area contributed by atoms with E-state index in [1.165, 1.54) is 0 Å². The van der Waals surface area contributed by atoms with Crippen molar-refractivity contribution in [2.45, 2.75) is 43.2 Å². The number of nitrogens with one attached hydrogen (secondary N) is 1. The maximum absolute atomic E-state index is 12.6. The first-order chi connectivity index (χ1) is 21.6. The van der Waals surface area contributed by atoms with Crippen molar-refractivity contribution in [1.82, 2.24) is 30.5 Å². The molecule has 44 heavy (non-hydrogen) atoms. The first-order valence-electron chi connectivity index (χ1n) is 14.3. The van der Waals surface area contributed by atoms with E-state index in [1.807, 2.05) is 61.6 Å². The van der Waals surface area contributed by atoms with E-state index in [0.29, 0.717) is 24.3 Å². The Morgan fingerprint density at radius 1 is 1.00 bits per heavy atom. The van der Waals surface area contributed by atoms with Gasteiger partial charge < -0.3 is 19.9 Å². The smallest absolute Gasteiger partial charge is 0.253 e. The number of aromatic nitrogens is 5. The molecule has 0 aliphatic carbocycles. The van der Waals surface area contributed by atoms with Gasteiger partial charge in [-0.1, -0.05) is 84.6 Å². The molecule has 11 heteroatoms. The van der Waals surface area contributed by atoms with Crippen LogP contribution in [0.25, 0.3) is 11.1 Å². The normalized spacial score (nSPS) is 18.2. The Hall–Kier alpha value is -4.42. The topological polar surface area (TPSA) is 124 Å². The fourth-order valence-electron chi connectivity index (χ4n) is 5.08. The summed E-state index contributed by atoms with van der Waals surface area (Å²) >= 11 is 1.55. The van der Waals surface area contributed by atoms with Crippen LogP contribution in [0.3, 0.4) is 0 Å². The van der Waals surface area contributed by atoms with E-state index in [1.54, 1.807) is 41.0 Å². The SMILES string of the molecule is Cn1nnnc1SC[C@@H]1C[C@H](c2ccc(CO)cc2)O[C@H](c2ccc(-c3ccccc3CNC(=O)c3cccnc3)cc2)O1. The summed E-state index contributed by atoms with van der Waals surface area (Å²) in [6, 6.07) is 27.5. The molecule has 1 saturated heterocycles. The zero-order valence-electron chi connectivity index (χ0n) is 24.1. The van der Waals surface area contributed by atoms with Crippen molar-refractivity contribution in [3.8, 4) is 11.1 Å². The largest absolute Gasteiger partial charge is 0.392 e. The molecule has 1 aliphatic heterocycles. The monoisotopic (exact) mass is 608 g/mol. The number of benzene rings is 3. The van der Waals surface area contributed by atoms with Crippen molar-refractivity contribution < 1.29 is 19.4 Å². The average molecular weight is 609 g/mol. The highest BCUT2D eigenvalue weighted by Gasteiger charge is 2.32. The van der Waals surface area contributed by atoms with Crippen LogP contribution in [0.5, 0.6) is 0 Å². The van der Waals surface area contributed by atoms with E-state index in [9.17, 15) is 9.90 Å². The van der Waals surface area contributed by atoms with E-state index in [0.717, 1.165) is 38.5 Å². The highest BCUT2D eigenvalue weighted by Crippen LogP contribution is 2.39. The van der Waals surface area contributed by atoms with Crippen LogP contribution in [0.15, 0.2) is 102 Å². The molecular formula is C33H32N6O4S. The first-order valence-corrected chi connectivity index (χ1v) is 15.3. The minimum absolute atomic E-state index is 0.00506.